The Balaban J connectivity index is 2.00. The van der Waals surface area contributed by atoms with Gasteiger partial charge >= 0.3 is 0 Å². The van der Waals surface area contributed by atoms with Crippen molar-refractivity contribution in [1.29, 1.82) is 0 Å². The van der Waals surface area contributed by atoms with E-state index in [-0.39, 0.29) is 0 Å². The van der Waals surface area contributed by atoms with Crippen molar-refractivity contribution in [3.8, 4) is 0 Å². The van der Waals surface area contributed by atoms with Gasteiger partial charge in [-0.15, -0.1) is 0 Å². The van der Waals surface area contributed by atoms with Crippen molar-refractivity contribution >= 4 is 0 Å². The van der Waals surface area contributed by atoms with E-state index in [1.54, 1.807) is 0 Å². The summed E-state index contributed by atoms with van der Waals surface area (Å²) in [6.07, 6.45) is 0. The van der Waals surface area contributed by atoms with Crippen molar-refractivity contribution in [3.05, 3.63) is 35.4 Å². The third-order valence-electron chi connectivity index (χ3n) is 4.41. The lowest BCUT2D eigenvalue weighted by Gasteiger charge is -2.39. The fraction of sp³-hybridized carbons (Fsp3) is 0.647. The van der Waals surface area contributed by atoms with Gasteiger partial charge in [0.25, 0.3) is 0 Å². The van der Waals surface area contributed by atoms with E-state index in [0.29, 0.717) is 12.1 Å². The van der Waals surface area contributed by atoms with Crippen LogP contribution in [0.15, 0.2) is 24.3 Å². The molecule has 1 aromatic carbocycles. The Morgan fingerprint density at radius 2 is 1.95 bits per heavy atom. The van der Waals surface area contributed by atoms with E-state index in [9.17, 15) is 0 Å². The molecule has 20 heavy (non-hydrogen) atoms. The van der Waals surface area contributed by atoms with Crippen LogP contribution in [-0.4, -0.2) is 55.6 Å². The lowest BCUT2D eigenvalue weighted by atomic mass is 10.0. The fourth-order valence-electron chi connectivity index (χ4n) is 2.88. The Morgan fingerprint density at radius 1 is 1.25 bits per heavy atom. The summed E-state index contributed by atoms with van der Waals surface area (Å²) in [5.41, 5.74) is 2.74. The first kappa shape index (κ1) is 15.5. The molecule has 1 aliphatic heterocycles. The minimum Gasteiger partial charge on any atom is -0.309 e. The summed E-state index contributed by atoms with van der Waals surface area (Å²) in [4.78, 5) is 5.04. The molecule has 1 saturated heterocycles. The molecule has 0 bridgehead atoms. The van der Waals surface area contributed by atoms with Crippen molar-refractivity contribution in [2.45, 2.75) is 32.9 Å². The second-order valence-electron chi connectivity index (χ2n) is 6.11. The van der Waals surface area contributed by atoms with Crippen LogP contribution in [0.25, 0.3) is 0 Å². The van der Waals surface area contributed by atoms with Gasteiger partial charge in [0.2, 0.25) is 0 Å². The number of nitrogens with zero attached hydrogens (tertiary/aromatic N) is 2. The smallest absolute Gasteiger partial charge is 0.0449 e. The van der Waals surface area contributed by atoms with Gasteiger partial charge in [-0.05, 0) is 33.0 Å². The Hall–Kier alpha value is -0.900. The van der Waals surface area contributed by atoms with Gasteiger partial charge < -0.3 is 10.2 Å². The summed E-state index contributed by atoms with van der Waals surface area (Å²) >= 11 is 0. The third-order valence-corrected chi connectivity index (χ3v) is 4.41. The molecule has 1 fully saturated rings. The monoisotopic (exact) mass is 275 g/mol. The molecule has 2 atom stereocenters. The normalized spacial score (nSPS) is 22.9. The van der Waals surface area contributed by atoms with Crippen LogP contribution in [0.3, 0.4) is 0 Å². The summed E-state index contributed by atoms with van der Waals surface area (Å²) in [6, 6.07) is 10.1. The van der Waals surface area contributed by atoms with Crippen molar-refractivity contribution < 1.29 is 0 Å². The number of hydrogen-bond acceptors (Lipinski definition) is 3. The van der Waals surface area contributed by atoms with E-state index in [0.717, 1.165) is 13.1 Å². The first-order chi connectivity index (χ1) is 9.60. The maximum absolute atomic E-state index is 3.64. The van der Waals surface area contributed by atoms with Gasteiger partial charge in [0.1, 0.15) is 0 Å². The quantitative estimate of drug-likeness (QED) is 0.889. The zero-order valence-corrected chi connectivity index (χ0v) is 13.4. The highest BCUT2D eigenvalue weighted by atomic mass is 15.3. The molecule has 0 radical (unpaired) electrons. The maximum atomic E-state index is 3.64. The fourth-order valence-corrected chi connectivity index (χ4v) is 2.88. The first-order valence-corrected chi connectivity index (χ1v) is 7.82. The number of nitrogens with one attached hydrogen (secondary N) is 1. The topological polar surface area (TPSA) is 18.5 Å². The van der Waals surface area contributed by atoms with Gasteiger partial charge in [-0.2, -0.15) is 0 Å². The summed E-state index contributed by atoms with van der Waals surface area (Å²) < 4.78 is 0. The van der Waals surface area contributed by atoms with Gasteiger partial charge in [0, 0.05) is 38.3 Å². The molecule has 1 aliphatic rings. The molecule has 0 aliphatic carbocycles. The van der Waals surface area contributed by atoms with E-state index in [1.165, 1.54) is 30.8 Å². The highest BCUT2D eigenvalue weighted by Gasteiger charge is 2.23. The molecule has 0 saturated carbocycles. The van der Waals surface area contributed by atoms with Crippen molar-refractivity contribution in [3.63, 3.8) is 0 Å². The highest BCUT2D eigenvalue weighted by Crippen LogP contribution is 2.17. The Labute approximate surface area is 124 Å². The average molecular weight is 275 g/mol. The zero-order valence-electron chi connectivity index (χ0n) is 13.4. The number of benzene rings is 1. The van der Waals surface area contributed by atoms with Crippen molar-refractivity contribution in [2.75, 3.05) is 39.8 Å². The third kappa shape index (κ3) is 4.05. The number of likely N-dealkylation sites (N-methyl/N-ethyl adjacent to an activating group) is 2. The second-order valence-corrected chi connectivity index (χ2v) is 6.11. The highest BCUT2D eigenvalue weighted by molar-refractivity contribution is 5.24. The molecule has 0 spiro atoms. The predicted octanol–water partition coefficient (Wildman–Crippen LogP) is 2.28. The predicted molar refractivity (Wildman–Crippen MR) is 86.1 cm³/mol. The number of rotatable bonds is 5. The Morgan fingerprint density at radius 3 is 2.55 bits per heavy atom. The lowest BCUT2D eigenvalue weighted by molar-refractivity contribution is 0.0971. The SMILES string of the molecule is CCNC(CN1CCN(C)C(C)C1)c1ccc(C)cc1. The van der Waals surface area contributed by atoms with Crippen LogP contribution in [0, 0.1) is 6.92 Å². The molecule has 3 heteroatoms. The van der Waals surface area contributed by atoms with Crippen LogP contribution in [0.5, 0.6) is 0 Å². The molecule has 2 rings (SSSR count). The minimum absolute atomic E-state index is 0.441. The average Bonchev–Trinajstić information content (AvgIpc) is 2.43. The van der Waals surface area contributed by atoms with Crippen LogP contribution < -0.4 is 5.32 Å². The molecule has 1 aromatic rings. The van der Waals surface area contributed by atoms with Crippen LogP contribution in [0.1, 0.15) is 31.0 Å². The largest absolute Gasteiger partial charge is 0.309 e. The maximum Gasteiger partial charge on any atom is 0.0449 e. The van der Waals surface area contributed by atoms with Crippen LogP contribution in [0.2, 0.25) is 0 Å². The molecule has 1 heterocycles. The van der Waals surface area contributed by atoms with Gasteiger partial charge in [0.05, 0.1) is 0 Å². The lowest BCUT2D eigenvalue weighted by Crippen LogP contribution is -2.51. The van der Waals surface area contributed by atoms with Crippen LogP contribution >= 0.6 is 0 Å². The molecule has 2 unspecified atom stereocenters. The summed E-state index contributed by atoms with van der Waals surface area (Å²) in [5.74, 6) is 0. The molecule has 3 nitrogen and oxygen atoms in total. The van der Waals surface area contributed by atoms with Crippen LogP contribution in [0.4, 0.5) is 0 Å². The standard InChI is InChI=1S/C17H29N3/c1-5-18-17(16-8-6-14(2)7-9-16)13-20-11-10-19(4)15(3)12-20/h6-9,15,17-18H,5,10-13H2,1-4H3. The summed E-state index contributed by atoms with van der Waals surface area (Å²) in [7, 11) is 2.23. The van der Waals surface area contributed by atoms with E-state index < -0.39 is 0 Å². The molecule has 112 valence electrons. The first-order valence-electron chi connectivity index (χ1n) is 7.82. The molecular formula is C17H29N3. The van der Waals surface area contributed by atoms with Crippen molar-refractivity contribution in [1.82, 2.24) is 15.1 Å². The molecular weight excluding hydrogens is 246 g/mol. The van der Waals surface area contributed by atoms with E-state index in [1.807, 2.05) is 0 Å². The van der Waals surface area contributed by atoms with Gasteiger partial charge in [-0.3, -0.25) is 4.90 Å². The summed E-state index contributed by atoms with van der Waals surface area (Å²) in [6.45, 7) is 12.3. The zero-order chi connectivity index (χ0) is 14.5. The molecule has 0 aromatic heterocycles. The number of aryl methyl sites for hydroxylation is 1. The van der Waals surface area contributed by atoms with E-state index >= 15 is 0 Å². The molecule has 0 amide bonds. The van der Waals surface area contributed by atoms with E-state index in [2.05, 4.69) is 67.2 Å². The second kappa shape index (κ2) is 7.21. The Kier molecular flexibility index (Phi) is 5.58. The molecule has 1 N–H and O–H groups in total. The number of piperazine rings is 1. The van der Waals surface area contributed by atoms with Crippen molar-refractivity contribution in [2.24, 2.45) is 0 Å². The van der Waals surface area contributed by atoms with Gasteiger partial charge in [-0.1, -0.05) is 36.8 Å². The van der Waals surface area contributed by atoms with Gasteiger partial charge in [-0.25, -0.2) is 0 Å². The summed E-state index contributed by atoms with van der Waals surface area (Å²) in [5, 5.41) is 3.64. The van der Waals surface area contributed by atoms with E-state index in [4.69, 9.17) is 0 Å². The van der Waals surface area contributed by atoms with Crippen LogP contribution in [-0.2, 0) is 0 Å². The number of hydrogen-bond donors (Lipinski definition) is 1. The van der Waals surface area contributed by atoms with Gasteiger partial charge in [0.15, 0.2) is 0 Å². The Bertz CT molecular complexity index is 401. The minimum atomic E-state index is 0.441.